The highest BCUT2D eigenvalue weighted by Gasteiger charge is 2.27. The van der Waals surface area contributed by atoms with Gasteiger partial charge in [0.1, 0.15) is 0 Å². The molecule has 1 amide bonds. The second-order valence-corrected chi connectivity index (χ2v) is 5.08. The van der Waals surface area contributed by atoms with Gasteiger partial charge in [0.05, 0.1) is 13.2 Å². The van der Waals surface area contributed by atoms with E-state index in [4.69, 9.17) is 9.47 Å². The van der Waals surface area contributed by atoms with Crippen molar-refractivity contribution < 1.29 is 28.6 Å². The van der Waals surface area contributed by atoms with Gasteiger partial charge in [-0.2, -0.15) is 0 Å². The molecule has 0 aliphatic rings. The van der Waals surface area contributed by atoms with Crippen LogP contribution in [0.5, 0.6) is 0 Å². The first-order chi connectivity index (χ1) is 10.9. The second-order valence-electron chi connectivity index (χ2n) is 5.08. The third-order valence-electron chi connectivity index (χ3n) is 2.62. The molecule has 1 atom stereocenters. The molecule has 0 unspecified atom stereocenters. The Kier molecular flexibility index (Phi) is 7.59. The van der Waals surface area contributed by atoms with E-state index in [-0.39, 0.29) is 19.1 Å². The van der Waals surface area contributed by atoms with Crippen molar-refractivity contribution in [3.8, 4) is 0 Å². The van der Waals surface area contributed by atoms with E-state index in [0.717, 1.165) is 0 Å². The molecule has 0 aliphatic carbocycles. The zero-order valence-electron chi connectivity index (χ0n) is 13.4. The highest BCUT2D eigenvalue weighted by atomic mass is 16.7. The molecule has 126 valence electrons. The van der Waals surface area contributed by atoms with Gasteiger partial charge in [0, 0.05) is 0 Å². The maximum atomic E-state index is 12.1. The Morgan fingerprint density at radius 3 is 2.30 bits per heavy atom. The van der Waals surface area contributed by atoms with Gasteiger partial charge >= 0.3 is 18.2 Å². The summed E-state index contributed by atoms with van der Waals surface area (Å²) in [7, 11) is 0. The van der Waals surface area contributed by atoms with E-state index in [1.54, 1.807) is 37.3 Å². The number of alkyl carbamates (subject to hydrolysis) is 1. The van der Waals surface area contributed by atoms with E-state index >= 15 is 0 Å². The van der Waals surface area contributed by atoms with Gasteiger partial charge < -0.3 is 19.5 Å². The smallest absolute Gasteiger partial charge is 0.450 e. The van der Waals surface area contributed by atoms with Crippen LogP contribution in [0.25, 0.3) is 0 Å². The number of ether oxygens (including phenoxy) is 3. The number of benzene rings is 1. The average molecular weight is 323 g/mol. The molecule has 7 nitrogen and oxygen atoms in total. The standard InChI is InChI=1S/C16H21NO6/c1-4-21-15(19)17-13(12-8-6-5-7-9-12)14(18)23-16(20)22-10-11(2)3/h5-9,11,13H,4,10H2,1-3H3,(H,17,19)/t13-/m0/s1. The Morgan fingerprint density at radius 2 is 1.74 bits per heavy atom. The number of esters is 1. The van der Waals surface area contributed by atoms with Gasteiger partial charge in [-0.1, -0.05) is 44.2 Å². The quantitative estimate of drug-likeness (QED) is 0.639. The normalized spacial score (nSPS) is 11.5. The predicted octanol–water partition coefficient (Wildman–Crippen LogP) is 2.81. The third-order valence-corrected chi connectivity index (χ3v) is 2.62. The maximum absolute atomic E-state index is 12.1. The molecule has 1 N–H and O–H groups in total. The van der Waals surface area contributed by atoms with Crippen LogP contribution in [-0.4, -0.2) is 31.4 Å². The van der Waals surface area contributed by atoms with Crippen molar-refractivity contribution in [1.82, 2.24) is 5.32 Å². The molecule has 0 saturated carbocycles. The molecule has 0 saturated heterocycles. The van der Waals surface area contributed by atoms with Crippen LogP contribution in [0.3, 0.4) is 0 Å². The van der Waals surface area contributed by atoms with Crippen LogP contribution in [-0.2, 0) is 19.0 Å². The van der Waals surface area contributed by atoms with Crippen molar-refractivity contribution in [1.29, 1.82) is 0 Å². The Morgan fingerprint density at radius 1 is 1.09 bits per heavy atom. The summed E-state index contributed by atoms with van der Waals surface area (Å²) < 4.78 is 14.2. The number of hydrogen-bond donors (Lipinski definition) is 1. The van der Waals surface area contributed by atoms with E-state index in [0.29, 0.717) is 5.56 Å². The van der Waals surface area contributed by atoms with E-state index in [1.807, 2.05) is 13.8 Å². The number of amides is 1. The van der Waals surface area contributed by atoms with Crippen LogP contribution in [0.15, 0.2) is 30.3 Å². The summed E-state index contributed by atoms with van der Waals surface area (Å²) in [6.45, 7) is 5.62. The molecule has 0 bridgehead atoms. The number of rotatable bonds is 6. The highest BCUT2D eigenvalue weighted by Crippen LogP contribution is 2.15. The van der Waals surface area contributed by atoms with Crippen LogP contribution in [0.2, 0.25) is 0 Å². The van der Waals surface area contributed by atoms with Crippen molar-refractivity contribution in [2.45, 2.75) is 26.8 Å². The van der Waals surface area contributed by atoms with Crippen molar-refractivity contribution >= 4 is 18.2 Å². The molecule has 1 aromatic rings. The van der Waals surface area contributed by atoms with Gasteiger partial charge in [-0.05, 0) is 18.4 Å². The van der Waals surface area contributed by atoms with E-state index in [1.165, 1.54) is 0 Å². The summed E-state index contributed by atoms with van der Waals surface area (Å²) in [5.74, 6) is -0.835. The monoisotopic (exact) mass is 323 g/mol. The van der Waals surface area contributed by atoms with Gasteiger partial charge in [-0.15, -0.1) is 0 Å². The van der Waals surface area contributed by atoms with E-state index < -0.39 is 24.3 Å². The third kappa shape index (κ3) is 6.82. The van der Waals surface area contributed by atoms with Gasteiger partial charge in [-0.3, -0.25) is 0 Å². The highest BCUT2D eigenvalue weighted by molar-refractivity contribution is 5.89. The summed E-state index contributed by atoms with van der Waals surface area (Å²) >= 11 is 0. The molecule has 0 fully saturated rings. The Bertz CT molecular complexity index is 529. The number of carbonyl (C=O) groups is 3. The molecular weight excluding hydrogens is 302 g/mol. The number of carbonyl (C=O) groups excluding carboxylic acids is 3. The van der Waals surface area contributed by atoms with Crippen LogP contribution in [0, 0.1) is 5.92 Å². The molecule has 1 aromatic carbocycles. The fraction of sp³-hybridized carbons (Fsp3) is 0.438. The first-order valence-corrected chi connectivity index (χ1v) is 7.30. The summed E-state index contributed by atoms with van der Waals surface area (Å²) in [5, 5.41) is 2.36. The van der Waals surface area contributed by atoms with Crippen LogP contribution in [0.1, 0.15) is 32.4 Å². The van der Waals surface area contributed by atoms with Crippen LogP contribution in [0.4, 0.5) is 9.59 Å². The molecule has 0 aromatic heterocycles. The molecule has 0 heterocycles. The maximum Gasteiger partial charge on any atom is 0.516 e. The van der Waals surface area contributed by atoms with Crippen molar-refractivity contribution in [3.63, 3.8) is 0 Å². The SMILES string of the molecule is CCOC(=O)N[C@H](C(=O)OC(=O)OCC(C)C)c1ccccc1. The van der Waals surface area contributed by atoms with Gasteiger partial charge in [0.25, 0.3) is 0 Å². The Balaban J connectivity index is 2.76. The molecule has 0 spiro atoms. The molecule has 1 rings (SSSR count). The lowest BCUT2D eigenvalue weighted by Gasteiger charge is -2.17. The fourth-order valence-electron chi connectivity index (χ4n) is 1.62. The van der Waals surface area contributed by atoms with Crippen molar-refractivity contribution in [2.75, 3.05) is 13.2 Å². The molecule has 23 heavy (non-hydrogen) atoms. The van der Waals surface area contributed by atoms with E-state index in [2.05, 4.69) is 10.1 Å². The molecule has 0 radical (unpaired) electrons. The number of nitrogens with one attached hydrogen (secondary N) is 1. The van der Waals surface area contributed by atoms with Crippen molar-refractivity contribution in [2.24, 2.45) is 5.92 Å². The predicted molar refractivity (Wildman–Crippen MR) is 81.6 cm³/mol. The van der Waals surface area contributed by atoms with Crippen molar-refractivity contribution in [3.05, 3.63) is 35.9 Å². The second kappa shape index (κ2) is 9.45. The number of hydrogen-bond acceptors (Lipinski definition) is 6. The van der Waals surface area contributed by atoms with E-state index in [9.17, 15) is 14.4 Å². The van der Waals surface area contributed by atoms with Gasteiger partial charge in [-0.25, -0.2) is 14.4 Å². The van der Waals surface area contributed by atoms with Crippen LogP contribution < -0.4 is 5.32 Å². The summed E-state index contributed by atoms with van der Waals surface area (Å²) in [6.07, 6.45) is -1.89. The topological polar surface area (TPSA) is 90.9 Å². The minimum atomic E-state index is -1.16. The van der Waals surface area contributed by atoms with Crippen LogP contribution >= 0.6 is 0 Å². The largest absolute Gasteiger partial charge is 0.516 e. The first kappa shape index (κ1) is 18.5. The average Bonchev–Trinajstić information content (AvgIpc) is 2.51. The molecular formula is C16H21NO6. The Labute approximate surface area is 134 Å². The zero-order chi connectivity index (χ0) is 17.2. The first-order valence-electron chi connectivity index (χ1n) is 7.30. The molecule has 7 heteroatoms. The summed E-state index contributed by atoms with van der Waals surface area (Å²) in [6, 6.07) is 7.23. The summed E-state index contributed by atoms with van der Waals surface area (Å²) in [4.78, 5) is 35.2. The fourth-order valence-corrected chi connectivity index (χ4v) is 1.62. The molecule has 0 aliphatic heterocycles. The minimum absolute atomic E-state index is 0.111. The lowest BCUT2D eigenvalue weighted by molar-refractivity contribution is -0.142. The lowest BCUT2D eigenvalue weighted by atomic mass is 10.1. The zero-order valence-corrected chi connectivity index (χ0v) is 13.4. The minimum Gasteiger partial charge on any atom is -0.450 e. The van der Waals surface area contributed by atoms with Gasteiger partial charge in [0.15, 0.2) is 6.04 Å². The van der Waals surface area contributed by atoms with Gasteiger partial charge in [0.2, 0.25) is 0 Å². The summed E-state index contributed by atoms with van der Waals surface area (Å²) in [5.41, 5.74) is 0.460. The Hall–Kier alpha value is -2.57. The lowest BCUT2D eigenvalue weighted by Crippen LogP contribution is -2.36.